The van der Waals surface area contributed by atoms with Gasteiger partial charge in [-0.15, -0.1) is 11.8 Å². The minimum atomic E-state index is -0.840. The maximum absolute atomic E-state index is 11.8. The van der Waals surface area contributed by atoms with Crippen LogP contribution in [-0.2, 0) is 9.53 Å². The minimum absolute atomic E-state index is 0.0394. The lowest BCUT2D eigenvalue weighted by molar-refractivity contribution is -0.138. The average Bonchev–Trinajstić information content (AvgIpc) is 2.66. The molecule has 2 aromatic rings. The highest BCUT2D eigenvalue weighted by Crippen LogP contribution is 2.36. The molecule has 0 heterocycles. The first-order valence-electron chi connectivity index (χ1n) is 9.63. The van der Waals surface area contributed by atoms with Crippen molar-refractivity contribution in [3.8, 4) is 0 Å². The van der Waals surface area contributed by atoms with Crippen LogP contribution in [0.5, 0.6) is 0 Å². The zero-order valence-corrected chi connectivity index (χ0v) is 18.2. The molecule has 0 aromatic heterocycles. The van der Waals surface area contributed by atoms with Crippen molar-refractivity contribution >= 4 is 23.8 Å². The van der Waals surface area contributed by atoms with E-state index < -0.39 is 23.6 Å². The van der Waals surface area contributed by atoms with Gasteiger partial charge in [0.25, 0.3) is 0 Å². The first-order valence-corrected chi connectivity index (χ1v) is 10.7. The Labute approximate surface area is 176 Å². The summed E-state index contributed by atoms with van der Waals surface area (Å²) in [7, 11) is 0. The smallest absolute Gasteiger partial charge is 0.407 e. The number of amides is 1. The summed E-state index contributed by atoms with van der Waals surface area (Å²) in [5.41, 5.74) is 2.44. The molecule has 2 aromatic carbocycles. The van der Waals surface area contributed by atoms with Gasteiger partial charge in [0.2, 0.25) is 0 Å². The molecule has 0 bridgehead atoms. The van der Waals surface area contributed by atoms with Crippen LogP contribution in [0.25, 0.3) is 0 Å². The van der Waals surface area contributed by atoms with E-state index in [1.165, 1.54) is 0 Å². The number of carboxylic acids is 1. The van der Waals surface area contributed by atoms with Crippen LogP contribution in [-0.4, -0.2) is 35.1 Å². The minimum Gasteiger partial charge on any atom is -0.481 e. The highest BCUT2D eigenvalue weighted by Gasteiger charge is 2.19. The van der Waals surface area contributed by atoms with Crippen molar-refractivity contribution in [1.82, 2.24) is 5.32 Å². The fraction of sp³-hybridized carbons (Fsp3) is 0.391. The molecular formula is C23H29NO4S. The van der Waals surface area contributed by atoms with Crippen LogP contribution in [0.4, 0.5) is 4.79 Å². The van der Waals surface area contributed by atoms with Crippen molar-refractivity contribution < 1.29 is 19.4 Å². The van der Waals surface area contributed by atoms with E-state index in [0.717, 1.165) is 16.7 Å². The second kappa shape index (κ2) is 10.3. The van der Waals surface area contributed by atoms with Crippen LogP contribution < -0.4 is 5.32 Å². The highest BCUT2D eigenvalue weighted by atomic mass is 32.2. The number of hydrogen-bond donors (Lipinski definition) is 2. The van der Waals surface area contributed by atoms with E-state index in [-0.39, 0.29) is 5.25 Å². The van der Waals surface area contributed by atoms with Crippen molar-refractivity contribution in [2.45, 2.75) is 44.5 Å². The van der Waals surface area contributed by atoms with Gasteiger partial charge in [-0.05, 0) is 44.4 Å². The Morgan fingerprint density at radius 1 is 1.03 bits per heavy atom. The summed E-state index contributed by atoms with van der Waals surface area (Å²) in [6.45, 7) is 7.67. The number of thioether (sulfide) groups is 1. The van der Waals surface area contributed by atoms with E-state index in [2.05, 4.69) is 17.4 Å². The number of ether oxygens (including phenoxy) is 1. The Hall–Kier alpha value is -2.47. The number of benzene rings is 2. The van der Waals surface area contributed by atoms with Crippen LogP contribution in [0.15, 0.2) is 54.6 Å². The maximum atomic E-state index is 11.8. The fourth-order valence-corrected chi connectivity index (χ4v) is 3.94. The molecule has 0 spiro atoms. The normalized spacial score (nSPS) is 13.4. The summed E-state index contributed by atoms with van der Waals surface area (Å²) >= 11 is 1.70. The van der Waals surface area contributed by atoms with Crippen molar-refractivity contribution in [3.05, 3.63) is 71.3 Å². The second-order valence-corrected chi connectivity index (χ2v) is 9.03. The molecule has 0 aliphatic carbocycles. The summed E-state index contributed by atoms with van der Waals surface area (Å²) in [6, 6.07) is 17.8. The predicted octanol–water partition coefficient (Wildman–Crippen LogP) is 5.22. The van der Waals surface area contributed by atoms with Gasteiger partial charge in [0.1, 0.15) is 5.60 Å². The molecule has 0 fully saturated rings. The number of alkyl carbamates (subject to hydrolysis) is 1. The number of carboxylic acid groups (broad SMARTS) is 1. The molecule has 0 saturated heterocycles. The van der Waals surface area contributed by atoms with Gasteiger partial charge in [0.15, 0.2) is 0 Å². The topological polar surface area (TPSA) is 75.6 Å². The molecule has 0 radical (unpaired) electrons. The largest absolute Gasteiger partial charge is 0.481 e. The third-order valence-corrected chi connectivity index (χ3v) is 5.56. The van der Waals surface area contributed by atoms with E-state index in [0.29, 0.717) is 12.3 Å². The predicted molar refractivity (Wildman–Crippen MR) is 117 cm³/mol. The third kappa shape index (κ3) is 7.46. The maximum Gasteiger partial charge on any atom is 0.407 e. The number of carbonyl (C=O) groups excluding carboxylic acids is 1. The van der Waals surface area contributed by atoms with Crippen LogP contribution in [0.3, 0.4) is 0 Å². The van der Waals surface area contributed by atoms with Crippen molar-refractivity contribution in [2.75, 3.05) is 12.3 Å². The van der Waals surface area contributed by atoms with Gasteiger partial charge in [-0.2, -0.15) is 0 Å². The van der Waals surface area contributed by atoms with Crippen molar-refractivity contribution in [2.24, 2.45) is 0 Å². The number of rotatable bonds is 8. The van der Waals surface area contributed by atoms with Gasteiger partial charge >= 0.3 is 12.1 Å². The molecule has 0 saturated carbocycles. The van der Waals surface area contributed by atoms with E-state index in [4.69, 9.17) is 4.74 Å². The molecule has 5 nitrogen and oxygen atoms in total. The Balaban J connectivity index is 2.10. The Bertz CT molecular complexity index is 817. The second-order valence-electron chi connectivity index (χ2n) is 7.82. The van der Waals surface area contributed by atoms with Crippen LogP contribution in [0.2, 0.25) is 0 Å². The van der Waals surface area contributed by atoms with Gasteiger partial charge in [0, 0.05) is 12.3 Å². The van der Waals surface area contributed by atoms with Crippen molar-refractivity contribution in [1.29, 1.82) is 0 Å². The first-order chi connectivity index (χ1) is 13.7. The summed E-state index contributed by atoms with van der Waals surface area (Å²) in [4.78, 5) is 23.2. The highest BCUT2D eigenvalue weighted by molar-refractivity contribution is 7.99. The summed E-state index contributed by atoms with van der Waals surface area (Å²) < 4.78 is 5.26. The van der Waals surface area contributed by atoms with Gasteiger partial charge in [-0.1, -0.05) is 54.6 Å². The van der Waals surface area contributed by atoms with Crippen LogP contribution in [0.1, 0.15) is 55.6 Å². The van der Waals surface area contributed by atoms with Gasteiger partial charge < -0.3 is 15.2 Å². The third-order valence-electron chi connectivity index (χ3n) is 4.24. The summed E-state index contributed by atoms with van der Waals surface area (Å²) in [5, 5.41) is 12.2. The van der Waals surface area contributed by atoms with E-state index in [1.807, 2.05) is 63.2 Å². The van der Waals surface area contributed by atoms with Crippen molar-refractivity contribution in [3.63, 3.8) is 0 Å². The lowest BCUT2D eigenvalue weighted by Crippen LogP contribution is -2.33. The molecule has 6 heteroatoms. The molecule has 2 unspecified atom stereocenters. The molecule has 2 atom stereocenters. The molecule has 29 heavy (non-hydrogen) atoms. The quantitative estimate of drug-likeness (QED) is 0.578. The lowest BCUT2D eigenvalue weighted by atomic mass is 9.96. The fourth-order valence-electron chi connectivity index (χ4n) is 2.79. The Morgan fingerprint density at radius 2 is 1.66 bits per heavy atom. The average molecular weight is 416 g/mol. The van der Waals surface area contributed by atoms with Gasteiger partial charge in [-0.25, -0.2) is 4.79 Å². The first kappa shape index (κ1) is 22.8. The summed E-state index contributed by atoms with van der Waals surface area (Å²) in [6.07, 6.45) is -0.424. The molecule has 0 aliphatic rings. The number of carbonyl (C=O) groups is 2. The molecule has 2 N–H and O–H groups in total. The monoisotopic (exact) mass is 415 g/mol. The zero-order valence-electron chi connectivity index (χ0n) is 17.3. The Kier molecular flexibility index (Phi) is 8.14. The molecule has 156 valence electrons. The molecular weight excluding hydrogens is 386 g/mol. The zero-order chi connectivity index (χ0) is 21.4. The molecule has 2 rings (SSSR count). The van der Waals surface area contributed by atoms with Crippen LogP contribution >= 0.6 is 11.8 Å². The van der Waals surface area contributed by atoms with E-state index >= 15 is 0 Å². The van der Waals surface area contributed by atoms with Gasteiger partial charge in [0.05, 0.1) is 11.2 Å². The Morgan fingerprint density at radius 3 is 2.28 bits per heavy atom. The lowest BCUT2D eigenvalue weighted by Gasteiger charge is -2.21. The summed E-state index contributed by atoms with van der Waals surface area (Å²) in [5.74, 6) is -0.713. The standard InChI is InChI=1S/C23H29NO4S/c1-16(21(25)26)18-11-8-12-19(15-18)20(17-9-6-5-7-10-17)29-14-13-24-22(27)28-23(2,3)4/h5-12,15-16,20H,13-14H2,1-4H3,(H,24,27)(H,25,26). The number of nitrogens with one attached hydrogen (secondary N) is 1. The van der Waals surface area contributed by atoms with Crippen LogP contribution in [0, 0.1) is 0 Å². The molecule has 1 amide bonds. The molecule has 0 aliphatic heterocycles. The van der Waals surface area contributed by atoms with E-state index in [9.17, 15) is 14.7 Å². The number of aliphatic carboxylic acids is 1. The SMILES string of the molecule is CC(C(=O)O)c1cccc(C(SCCNC(=O)OC(C)(C)C)c2ccccc2)c1. The number of hydrogen-bond acceptors (Lipinski definition) is 4. The van der Waals surface area contributed by atoms with E-state index in [1.54, 1.807) is 18.7 Å². The van der Waals surface area contributed by atoms with Gasteiger partial charge in [-0.3, -0.25) is 4.79 Å².